The quantitative estimate of drug-likeness (QED) is 0.800. The van der Waals surface area contributed by atoms with Gasteiger partial charge >= 0.3 is 0 Å². The molecule has 0 atom stereocenters. The minimum Gasteiger partial charge on any atom is -0.396 e. The van der Waals surface area contributed by atoms with Crippen LogP contribution in [-0.2, 0) is 7.05 Å². The molecule has 0 spiro atoms. The summed E-state index contributed by atoms with van der Waals surface area (Å²) in [6, 6.07) is 6.32. The molecule has 0 amide bonds. The number of nitrogens with zero attached hydrogens (tertiary/aromatic N) is 3. The normalized spacial score (nSPS) is 11.0. The first-order valence-electron chi connectivity index (χ1n) is 5.95. The number of aryl methyl sites for hydroxylation is 1. The predicted molar refractivity (Wildman–Crippen MR) is 70.3 cm³/mol. The van der Waals surface area contributed by atoms with Crippen LogP contribution in [0.5, 0.6) is 0 Å². The fourth-order valence-corrected chi connectivity index (χ4v) is 1.95. The van der Waals surface area contributed by atoms with Crippen LogP contribution in [0.3, 0.4) is 0 Å². The van der Waals surface area contributed by atoms with Crippen LogP contribution in [0.1, 0.15) is 12.8 Å². The maximum atomic E-state index is 8.76. The highest BCUT2D eigenvalue weighted by Crippen LogP contribution is 2.20. The summed E-state index contributed by atoms with van der Waals surface area (Å²) in [5.41, 5.74) is 3.35. The Morgan fingerprint density at radius 3 is 2.94 bits per heavy atom. The van der Waals surface area contributed by atoms with Gasteiger partial charge in [-0.05, 0) is 31.0 Å². The first-order valence-corrected chi connectivity index (χ1v) is 5.95. The number of rotatable bonds is 5. The van der Waals surface area contributed by atoms with Gasteiger partial charge in [0.1, 0.15) is 0 Å². The second kappa shape index (κ2) is 5.19. The van der Waals surface area contributed by atoms with Gasteiger partial charge in [-0.15, -0.1) is 0 Å². The minimum absolute atomic E-state index is 0.271. The van der Waals surface area contributed by atoms with Gasteiger partial charge < -0.3 is 14.6 Å². The highest BCUT2D eigenvalue weighted by molar-refractivity contribution is 5.79. The molecule has 1 N–H and O–H groups in total. The maximum absolute atomic E-state index is 8.76. The van der Waals surface area contributed by atoms with Gasteiger partial charge in [0, 0.05) is 32.9 Å². The van der Waals surface area contributed by atoms with Crippen molar-refractivity contribution in [2.24, 2.45) is 7.05 Å². The molecule has 0 fully saturated rings. The molecule has 4 nitrogen and oxygen atoms in total. The van der Waals surface area contributed by atoms with Crippen LogP contribution in [0.4, 0.5) is 5.69 Å². The molecule has 0 aliphatic heterocycles. The van der Waals surface area contributed by atoms with Crippen molar-refractivity contribution < 1.29 is 5.11 Å². The van der Waals surface area contributed by atoms with Crippen LogP contribution >= 0.6 is 0 Å². The Kier molecular flexibility index (Phi) is 3.64. The summed E-state index contributed by atoms with van der Waals surface area (Å²) in [6.07, 6.45) is 3.70. The highest BCUT2D eigenvalue weighted by atomic mass is 16.2. The summed E-state index contributed by atoms with van der Waals surface area (Å²) in [4.78, 5) is 6.55. The lowest BCUT2D eigenvalue weighted by molar-refractivity contribution is 0.285. The number of hydrogen-bond donors (Lipinski definition) is 1. The summed E-state index contributed by atoms with van der Waals surface area (Å²) in [5, 5.41) is 8.76. The Balaban J connectivity index is 2.12. The Hall–Kier alpha value is -1.55. The second-order valence-electron chi connectivity index (χ2n) is 4.38. The summed E-state index contributed by atoms with van der Waals surface area (Å²) in [5.74, 6) is 0. The molecule has 0 aliphatic rings. The Bertz CT molecular complexity index is 492. The maximum Gasteiger partial charge on any atom is 0.0955 e. The molecular weight excluding hydrogens is 214 g/mol. The van der Waals surface area contributed by atoms with E-state index in [1.54, 1.807) is 0 Å². The standard InChI is InChI=1S/C13H19N3O/c1-15(7-3-4-8-17)11-5-6-13-12(9-11)14-10-16(13)2/h5-6,9-10,17H,3-4,7-8H2,1-2H3. The van der Waals surface area contributed by atoms with E-state index in [4.69, 9.17) is 5.11 Å². The molecule has 0 radical (unpaired) electrons. The van der Waals surface area contributed by atoms with Gasteiger partial charge in [-0.25, -0.2) is 4.98 Å². The van der Waals surface area contributed by atoms with E-state index in [9.17, 15) is 0 Å². The number of imidazole rings is 1. The number of benzene rings is 1. The molecule has 2 rings (SSSR count). The topological polar surface area (TPSA) is 41.3 Å². The van der Waals surface area contributed by atoms with E-state index in [0.29, 0.717) is 0 Å². The smallest absolute Gasteiger partial charge is 0.0955 e. The van der Waals surface area contributed by atoms with Crippen molar-refractivity contribution in [2.75, 3.05) is 25.1 Å². The molecule has 1 aromatic heterocycles. The Morgan fingerprint density at radius 1 is 1.35 bits per heavy atom. The number of fused-ring (bicyclic) bond motifs is 1. The van der Waals surface area contributed by atoms with Gasteiger partial charge in [-0.3, -0.25) is 0 Å². The molecule has 0 saturated heterocycles. The molecule has 92 valence electrons. The Labute approximate surface area is 101 Å². The summed E-state index contributed by atoms with van der Waals surface area (Å²) in [6.45, 7) is 1.23. The van der Waals surface area contributed by atoms with Crippen LogP contribution < -0.4 is 4.90 Å². The van der Waals surface area contributed by atoms with Crippen molar-refractivity contribution in [3.05, 3.63) is 24.5 Å². The van der Waals surface area contributed by atoms with Crippen LogP contribution in [0.15, 0.2) is 24.5 Å². The van der Waals surface area contributed by atoms with Crippen LogP contribution in [0.2, 0.25) is 0 Å². The molecule has 1 heterocycles. The fourth-order valence-electron chi connectivity index (χ4n) is 1.95. The van der Waals surface area contributed by atoms with E-state index in [0.717, 1.165) is 30.4 Å². The van der Waals surface area contributed by atoms with E-state index >= 15 is 0 Å². The number of aliphatic hydroxyl groups is 1. The average molecular weight is 233 g/mol. The average Bonchev–Trinajstić information content (AvgIpc) is 2.71. The third-order valence-corrected chi connectivity index (χ3v) is 3.05. The van der Waals surface area contributed by atoms with Crippen LogP contribution in [0.25, 0.3) is 11.0 Å². The van der Waals surface area contributed by atoms with E-state index in [1.807, 2.05) is 17.9 Å². The number of aromatic nitrogens is 2. The van der Waals surface area contributed by atoms with E-state index in [2.05, 4.69) is 35.1 Å². The fraction of sp³-hybridized carbons (Fsp3) is 0.462. The summed E-state index contributed by atoms with van der Waals surface area (Å²) >= 11 is 0. The molecular formula is C13H19N3O. The van der Waals surface area contributed by atoms with E-state index in [-0.39, 0.29) is 6.61 Å². The molecule has 0 saturated carbocycles. The number of aliphatic hydroxyl groups excluding tert-OH is 1. The lowest BCUT2D eigenvalue weighted by Gasteiger charge is -2.19. The molecule has 0 unspecified atom stereocenters. The van der Waals surface area contributed by atoms with Gasteiger partial charge in [0.05, 0.1) is 17.4 Å². The third kappa shape index (κ3) is 2.58. The minimum atomic E-state index is 0.271. The summed E-state index contributed by atoms with van der Waals surface area (Å²) < 4.78 is 2.02. The third-order valence-electron chi connectivity index (χ3n) is 3.05. The van der Waals surface area contributed by atoms with E-state index < -0.39 is 0 Å². The van der Waals surface area contributed by atoms with Crippen molar-refractivity contribution in [3.63, 3.8) is 0 Å². The van der Waals surface area contributed by atoms with Crippen molar-refractivity contribution in [2.45, 2.75) is 12.8 Å². The molecule has 1 aromatic carbocycles. The van der Waals surface area contributed by atoms with Crippen molar-refractivity contribution in [1.29, 1.82) is 0 Å². The van der Waals surface area contributed by atoms with Crippen LogP contribution in [-0.4, -0.2) is 34.9 Å². The van der Waals surface area contributed by atoms with Gasteiger partial charge in [0.2, 0.25) is 0 Å². The Morgan fingerprint density at radius 2 is 2.18 bits per heavy atom. The number of hydrogen-bond acceptors (Lipinski definition) is 3. The van der Waals surface area contributed by atoms with E-state index in [1.165, 1.54) is 5.69 Å². The predicted octanol–water partition coefficient (Wildman–Crippen LogP) is 1.78. The molecule has 17 heavy (non-hydrogen) atoms. The van der Waals surface area contributed by atoms with Crippen molar-refractivity contribution in [3.8, 4) is 0 Å². The van der Waals surface area contributed by atoms with Crippen LogP contribution in [0, 0.1) is 0 Å². The first-order chi connectivity index (χ1) is 8.22. The molecule has 0 aliphatic carbocycles. The lowest BCUT2D eigenvalue weighted by atomic mass is 10.2. The number of unbranched alkanes of at least 4 members (excludes halogenated alkanes) is 1. The van der Waals surface area contributed by atoms with Gasteiger partial charge in [0.25, 0.3) is 0 Å². The monoisotopic (exact) mass is 233 g/mol. The largest absolute Gasteiger partial charge is 0.396 e. The highest BCUT2D eigenvalue weighted by Gasteiger charge is 2.04. The van der Waals surface area contributed by atoms with Gasteiger partial charge in [-0.2, -0.15) is 0 Å². The summed E-state index contributed by atoms with van der Waals surface area (Å²) in [7, 11) is 4.07. The lowest BCUT2D eigenvalue weighted by Crippen LogP contribution is -2.18. The molecule has 2 aromatic rings. The zero-order valence-corrected chi connectivity index (χ0v) is 10.4. The second-order valence-corrected chi connectivity index (χ2v) is 4.38. The zero-order valence-electron chi connectivity index (χ0n) is 10.4. The molecule has 4 heteroatoms. The first kappa shape index (κ1) is 11.9. The SMILES string of the molecule is CN(CCCCO)c1ccc2c(c1)ncn2C. The number of anilines is 1. The van der Waals surface area contributed by atoms with Gasteiger partial charge in [0.15, 0.2) is 0 Å². The zero-order chi connectivity index (χ0) is 12.3. The van der Waals surface area contributed by atoms with Crippen molar-refractivity contribution in [1.82, 2.24) is 9.55 Å². The molecule has 0 bridgehead atoms. The van der Waals surface area contributed by atoms with Crippen molar-refractivity contribution >= 4 is 16.7 Å². The van der Waals surface area contributed by atoms with Gasteiger partial charge in [-0.1, -0.05) is 0 Å².